The SMILES string of the molecule is C[C@@H](C(=O)Nc1cc2c(cc1Cl)OCCO2)N1C(=O)c2cc(Cl)c(Cl)cc2C1=O. The molecule has 2 aliphatic heterocycles. The molecule has 0 aromatic heterocycles. The number of nitrogens with one attached hydrogen (secondary N) is 1. The summed E-state index contributed by atoms with van der Waals surface area (Å²) in [6.45, 7) is 2.21. The minimum Gasteiger partial charge on any atom is -0.486 e. The maximum atomic E-state index is 12.8. The largest absolute Gasteiger partial charge is 0.486 e. The highest BCUT2D eigenvalue weighted by atomic mass is 35.5. The molecule has 150 valence electrons. The van der Waals surface area contributed by atoms with Crippen LogP contribution in [0.4, 0.5) is 5.69 Å². The van der Waals surface area contributed by atoms with Crippen molar-refractivity contribution < 1.29 is 23.9 Å². The first-order chi connectivity index (χ1) is 13.8. The van der Waals surface area contributed by atoms with Gasteiger partial charge in [-0.1, -0.05) is 34.8 Å². The third-order valence-corrected chi connectivity index (χ3v) is 5.65. The van der Waals surface area contributed by atoms with Crippen molar-refractivity contribution >= 4 is 58.2 Å². The van der Waals surface area contributed by atoms with Crippen molar-refractivity contribution in [1.82, 2.24) is 4.90 Å². The van der Waals surface area contributed by atoms with Gasteiger partial charge in [-0.05, 0) is 19.1 Å². The van der Waals surface area contributed by atoms with E-state index in [-0.39, 0.29) is 31.9 Å². The van der Waals surface area contributed by atoms with Crippen molar-refractivity contribution in [3.05, 3.63) is 50.5 Å². The molecule has 1 N–H and O–H groups in total. The van der Waals surface area contributed by atoms with Gasteiger partial charge in [0.25, 0.3) is 11.8 Å². The number of hydrogen-bond donors (Lipinski definition) is 1. The quantitative estimate of drug-likeness (QED) is 0.706. The number of imide groups is 1. The zero-order valence-electron chi connectivity index (χ0n) is 14.9. The molecule has 2 aliphatic rings. The summed E-state index contributed by atoms with van der Waals surface area (Å²) in [7, 11) is 0. The minimum atomic E-state index is -1.11. The van der Waals surface area contributed by atoms with Gasteiger partial charge in [0.2, 0.25) is 5.91 Å². The van der Waals surface area contributed by atoms with Crippen LogP contribution >= 0.6 is 34.8 Å². The Kier molecular flexibility index (Phi) is 5.06. The van der Waals surface area contributed by atoms with Crippen LogP contribution in [-0.2, 0) is 4.79 Å². The normalized spacial score (nSPS) is 15.9. The monoisotopic (exact) mass is 454 g/mol. The molecule has 10 heteroatoms. The van der Waals surface area contributed by atoms with Crippen LogP contribution in [0.15, 0.2) is 24.3 Å². The van der Waals surface area contributed by atoms with Crippen LogP contribution in [0.1, 0.15) is 27.6 Å². The fourth-order valence-corrected chi connectivity index (χ4v) is 3.65. The number of hydrogen-bond acceptors (Lipinski definition) is 5. The third-order valence-electron chi connectivity index (χ3n) is 4.62. The summed E-state index contributed by atoms with van der Waals surface area (Å²) in [6.07, 6.45) is 0. The number of rotatable bonds is 3. The van der Waals surface area contributed by atoms with Crippen molar-refractivity contribution in [2.75, 3.05) is 18.5 Å². The number of benzene rings is 2. The van der Waals surface area contributed by atoms with Crippen molar-refractivity contribution in [3.8, 4) is 11.5 Å². The zero-order valence-corrected chi connectivity index (χ0v) is 17.2. The van der Waals surface area contributed by atoms with E-state index in [0.29, 0.717) is 24.7 Å². The lowest BCUT2D eigenvalue weighted by Crippen LogP contribution is -2.45. The lowest BCUT2D eigenvalue weighted by molar-refractivity contribution is -0.119. The van der Waals surface area contributed by atoms with Crippen LogP contribution < -0.4 is 14.8 Å². The summed E-state index contributed by atoms with van der Waals surface area (Å²) in [5, 5.41) is 3.15. The predicted molar refractivity (Wildman–Crippen MR) is 107 cm³/mol. The molecular formula is C19H13Cl3N2O5. The Labute approximate surface area is 180 Å². The summed E-state index contributed by atoms with van der Waals surface area (Å²) in [4.78, 5) is 39.0. The second kappa shape index (κ2) is 7.40. The maximum Gasteiger partial charge on any atom is 0.262 e. The van der Waals surface area contributed by atoms with Crippen LogP contribution in [0, 0.1) is 0 Å². The lowest BCUT2D eigenvalue weighted by Gasteiger charge is -2.23. The van der Waals surface area contributed by atoms with E-state index in [2.05, 4.69) is 5.32 Å². The Morgan fingerprint density at radius 1 is 0.931 bits per heavy atom. The van der Waals surface area contributed by atoms with E-state index in [9.17, 15) is 14.4 Å². The molecule has 1 atom stereocenters. The molecule has 0 saturated carbocycles. The van der Waals surface area contributed by atoms with Crippen molar-refractivity contribution in [2.45, 2.75) is 13.0 Å². The molecule has 4 rings (SSSR count). The van der Waals surface area contributed by atoms with Gasteiger partial charge < -0.3 is 14.8 Å². The molecule has 0 fully saturated rings. The van der Waals surface area contributed by atoms with E-state index in [1.807, 2.05) is 0 Å². The highest BCUT2D eigenvalue weighted by Gasteiger charge is 2.41. The predicted octanol–water partition coefficient (Wildman–Crippen LogP) is 4.04. The first-order valence-corrected chi connectivity index (χ1v) is 9.68. The minimum absolute atomic E-state index is 0.0985. The van der Waals surface area contributed by atoms with E-state index in [1.165, 1.54) is 31.2 Å². The van der Waals surface area contributed by atoms with Gasteiger partial charge in [-0.25, -0.2) is 0 Å². The fourth-order valence-electron chi connectivity index (χ4n) is 3.12. The molecule has 2 aromatic rings. The highest BCUT2D eigenvalue weighted by Crippen LogP contribution is 2.38. The molecule has 0 radical (unpaired) electrons. The summed E-state index contributed by atoms with van der Waals surface area (Å²) in [5.74, 6) is -0.940. The summed E-state index contributed by atoms with van der Waals surface area (Å²) in [5.41, 5.74) is 0.471. The average Bonchev–Trinajstić information content (AvgIpc) is 2.92. The van der Waals surface area contributed by atoms with E-state index < -0.39 is 23.8 Å². The number of ether oxygens (including phenoxy) is 2. The lowest BCUT2D eigenvalue weighted by atomic mass is 10.1. The van der Waals surface area contributed by atoms with Gasteiger partial charge in [0.15, 0.2) is 11.5 Å². The molecule has 29 heavy (non-hydrogen) atoms. The highest BCUT2D eigenvalue weighted by molar-refractivity contribution is 6.43. The van der Waals surface area contributed by atoms with Crippen molar-refractivity contribution in [1.29, 1.82) is 0 Å². The standard InChI is InChI=1S/C19H13Cl3N2O5/c1-8(24-18(26)9-4-11(20)12(21)5-10(9)19(24)27)17(25)23-14-7-16-15(6-13(14)22)28-2-3-29-16/h4-8H,2-3H2,1H3,(H,23,25)/t8-/m0/s1. The van der Waals surface area contributed by atoms with Gasteiger partial charge >= 0.3 is 0 Å². The first kappa shape index (κ1) is 19.8. The third kappa shape index (κ3) is 3.39. The average molecular weight is 456 g/mol. The summed E-state index contributed by atoms with van der Waals surface area (Å²) < 4.78 is 10.9. The fraction of sp³-hybridized carbons (Fsp3) is 0.211. The van der Waals surface area contributed by atoms with Crippen LogP contribution in [0.3, 0.4) is 0 Å². The number of halogens is 3. The smallest absolute Gasteiger partial charge is 0.262 e. The molecule has 0 bridgehead atoms. The zero-order chi connectivity index (χ0) is 20.9. The molecule has 0 spiro atoms. The second-order valence-electron chi connectivity index (χ2n) is 6.43. The first-order valence-electron chi connectivity index (χ1n) is 8.55. The number of fused-ring (bicyclic) bond motifs is 2. The van der Waals surface area contributed by atoms with Gasteiger partial charge in [-0.15, -0.1) is 0 Å². The molecule has 0 unspecified atom stereocenters. The Bertz CT molecular complexity index is 1030. The Morgan fingerprint density at radius 3 is 2.00 bits per heavy atom. The van der Waals surface area contributed by atoms with E-state index in [1.54, 1.807) is 0 Å². The molecular weight excluding hydrogens is 443 g/mol. The van der Waals surface area contributed by atoms with Crippen molar-refractivity contribution in [3.63, 3.8) is 0 Å². The maximum absolute atomic E-state index is 12.8. The van der Waals surface area contributed by atoms with Crippen molar-refractivity contribution in [2.24, 2.45) is 0 Å². The van der Waals surface area contributed by atoms with Gasteiger partial charge in [0.1, 0.15) is 19.3 Å². The second-order valence-corrected chi connectivity index (χ2v) is 7.65. The number of nitrogens with zero attached hydrogens (tertiary/aromatic N) is 1. The molecule has 2 heterocycles. The number of amides is 3. The van der Waals surface area contributed by atoms with Crippen LogP contribution in [0.5, 0.6) is 11.5 Å². The topological polar surface area (TPSA) is 84.9 Å². The Balaban J connectivity index is 1.57. The number of carbonyl (C=O) groups is 3. The molecule has 0 aliphatic carbocycles. The van der Waals surface area contributed by atoms with Gasteiger partial charge in [-0.3, -0.25) is 19.3 Å². The van der Waals surface area contributed by atoms with E-state index in [0.717, 1.165) is 4.90 Å². The van der Waals surface area contributed by atoms with Crippen LogP contribution in [0.2, 0.25) is 15.1 Å². The van der Waals surface area contributed by atoms with Gasteiger partial charge in [0, 0.05) is 12.1 Å². The van der Waals surface area contributed by atoms with Crippen LogP contribution in [0.25, 0.3) is 0 Å². The summed E-state index contributed by atoms with van der Waals surface area (Å²) in [6, 6.07) is 4.60. The molecule has 7 nitrogen and oxygen atoms in total. The van der Waals surface area contributed by atoms with E-state index >= 15 is 0 Å². The molecule has 0 saturated heterocycles. The Hall–Kier alpha value is -2.48. The molecule has 3 amide bonds. The van der Waals surface area contributed by atoms with Crippen LogP contribution in [-0.4, -0.2) is 41.9 Å². The van der Waals surface area contributed by atoms with E-state index in [4.69, 9.17) is 44.3 Å². The Morgan fingerprint density at radius 2 is 1.45 bits per heavy atom. The number of carbonyl (C=O) groups excluding carboxylic acids is 3. The van der Waals surface area contributed by atoms with Gasteiger partial charge in [-0.2, -0.15) is 0 Å². The number of anilines is 1. The summed E-state index contributed by atoms with van der Waals surface area (Å²) >= 11 is 18.1. The molecule has 2 aromatic carbocycles. The van der Waals surface area contributed by atoms with Gasteiger partial charge in [0.05, 0.1) is 31.9 Å².